The SMILES string of the molecule is c1ccc2c(On3cccn3)ncnc2c1. The lowest BCUT2D eigenvalue weighted by atomic mass is 10.2. The molecule has 0 unspecified atom stereocenters. The van der Waals surface area contributed by atoms with Gasteiger partial charge in [0.25, 0.3) is 5.88 Å². The molecule has 0 radical (unpaired) electrons. The van der Waals surface area contributed by atoms with E-state index in [1.165, 1.54) is 11.2 Å². The van der Waals surface area contributed by atoms with Crippen LogP contribution in [0.1, 0.15) is 0 Å². The van der Waals surface area contributed by atoms with Crippen LogP contribution in [0.2, 0.25) is 0 Å². The number of rotatable bonds is 2. The van der Waals surface area contributed by atoms with Gasteiger partial charge in [0.1, 0.15) is 6.33 Å². The number of aromatic nitrogens is 4. The molecule has 2 aromatic heterocycles. The summed E-state index contributed by atoms with van der Waals surface area (Å²) in [5.41, 5.74) is 0.847. The lowest BCUT2D eigenvalue weighted by molar-refractivity contribution is 0.173. The monoisotopic (exact) mass is 212 g/mol. The Morgan fingerprint density at radius 2 is 2.00 bits per heavy atom. The van der Waals surface area contributed by atoms with Crippen molar-refractivity contribution in [2.24, 2.45) is 0 Å². The smallest absolute Gasteiger partial charge is 0.259 e. The fourth-order valence-corrected chi connectivity index (χ4v) is 1.45. The van der Waals surface area contributed by atoms with E-state index < -0.39 is 0 Å². The lowest BCUT2D eigenvalue weighted by Crippen LogP contribution is -2.06. The van der Waals surface area contributed by atoms with Gasteiger partial charge >= 0.3 is 0 Å². The Morgan fingerprint density at radius 1 is 1.06 bits per heavy atom. The average molecular weight is 212 g/mol. The van der Waals surface area contributed by atoms with Gasteiger partial charge in [0.05, 0.1) is 23.3 Å². The molecular formula is C11H8N4O. The van der Waals surface area contributed by atoms with Crippen molar-refractivity contribution in [3.63, 3.8) is 0 Å². The molecule has 0 N–H and O–H groups in total. The molecule has 3 aromatic rings. The molecular weight excluding hydrogens is 204 g/mol. The molecule has 0 spiro atoms. The van der Waals surface area contributed by atoms with Crippen LogP contribution in [0.3, 0.4) is 0 Å². The molecule has 0 bridgehead atoms. The Hall–Kier alpha value is -2.43. The van der Waals surface area contributed by atoms with Crippen molar-refractivity contribution in [3.8, 4) is 5.88 Å². The molecule has 5 nitrogen and oxygen atoms in total. The quantitative estimate of drug-likeness (QED) is 0.648. The number of benzene rings is 1. The van der Waals surface area contributed by atoms with Gasteiger partial charge in [-0.2, -0.15) is 4.98 Å². The van der Waals surface area contributed by atoms with Crippen molar-refractivity contribution in [1.82, 2.24) is 19.9 Å². The molecule has 1 aromatic carbocycles. The minimum Gasteiger partial charge on any atom is -0.337 e. The van der Waals surface area contributed by atoms with Gasteiger partial charge in [0, 0.05) is 0 Å². The summed E-state index contributed by atoms with van der Waals surface area (Å²) in [6.07, 6.45) is 4.82. The third-order valence-electron chi connectivity index (χ3n) is 2.17. The van der Waals surface area contributed by atoms with Crippen LogP contribution in [0.4, 0.5) is 0 Å². The summed E-state index contributed by atoms with van der Waals surface area (Å²) in [5.74, 6) is 0.495. The number of hydrogen-bond acceptors (Lipinski definition) is 4. The summed E-state index contributed by atoms with van der Waals surface area (Å²) in [4.78, 5) is 15.1. The van der Waals surface area contributed by atoms with Crippen LogP contribution in [-0.4, -0.2) is 19.9 Å². The maximum absolute atomic E-state index is 5.49. The Bertz CT molecular complexity index is 601. The summed E-state index contributed by atoms with van der Waals surface area (Å²) < 4.78 is 0. The van der Waals surface area contributed by atoms with E-state index in [1.807, 2.05) is 24.3 Å². The van der Waals surface area contributed by atoms with Gasteiger partial charge in [-0.25, -0.2) is 4.98 Å². The Morgan fingerprint density at radius 3 is 2.88 bits per heavy atom. The second kappa shape index (κ2) is 3.62. The van der Waals surface area contributed by atoms with E-state index in [0.29, 0.717) is 5.88 Å². The zero-order chi connectivity index (χ0) is 10.8. The molecule has 5 heteroatoms. The molecule has 0 aliphatic heterocycles. The zero-order valence-electron chi connectivity index (χ0n) is 8.32. The van der Waals surface area contributed by atoms with Crippen molar-refractivity contribution in [2.45, 2.75) is 0 Å². The molecule has 0 saturated heterocycles. The van der Waals surface area contributed by atoms with Crippen LogP contribution in [0.15, 0.2) is 49.1 Å². The van der Waals surface area contributed by atoms with E-state index >= 15 is 0 Å². The van der Waals surface area contributed by atoms with Crippen molar-refractivity contribution in [1.29, 1.82) is 0 Å². The fraction of sp³-hybridized carbons (Fsp3) is 0. The summed E-state index contributed by atoms with van der Waals surface area (Å²) in [5, 5.41) is 4.81. The predicted molar refractivity (Wildman–Crippen MR) is 57.8 cm³/mol. The van der Waals surface area contributed by atoms with E-state index in [-0.39, 0.29) is 0 Å². The minimum absolute atomic E-state index is 0.495. The summed E-state index contributed by atoms with van der Waals surface area (Å²) in [6.45, 7) is 0. The zero-order valence-corrected chi connectivity index (χ0v) is 8.32. The summed E-state index contributed by atoms with van der Waals surface area (Å²) in [7, 11) is 0. The molecule has 0 saturated carbocycles. The summed E-state index contributed by atoms with van der Waals surface area (Å²) in [6, 6.07) is 9.44. The third kappa shape index (κ3) is 1.48. The molecule has 0 aliphatic rings. The van der Waals surface area contributed by atoms with Gasteiger partial charge in [-0.15, -0.1) is 5.10 Å². The molecule has 0 atom stereocenters. The normalized spacial score (nSPS) is 10.5. The first-order valence-corrected chi connectivity index (χ1v) is 4.81. The van der Waals surface area contributed by atoms with Gasteiger partial charge < -0.3 is 4.84 Å². The number of fused-ring (bicyclic) bond motifs is 1. The van der Waals surface area contributed by atoms with E-state index in [9.17, 15) is 0 Å². The van der Waals surface area contributed by atoms with Crippen LogP contribution < -0.4 is 4.84 Å². The van der Waals surface area contributed by atoms with Gasteiger partial charge in [-0.1, -0.05) is 17.0 Å². The Labute approximate surface area is 91.3 Å². The maximum atomic E-state index is 5.49. The van der Waals surface area contributed by atoms with Gasteiger partial charge in [0.2, 0.25) is 0 Å². The van der Waals surface area contributed by atoms with E-state index in [0.717, 1.165) is 10.9 Å². The van der Waals surface area contributed by atoms with Crippen LogP contribution in [0, 0.1) is 0 Å². The van der Waals surface area contributed by atoms with E-state index in [2.05, 4.69) is 15.1 Å². The maximum Gasteiger partial charge on any atom is 0.259 e. The highest BCUT2D eigenvalue weighted by molar-refractivity contribution is 5.82. The van der Waals surface area contributed by atoms with Crippen LogP contribution >= 0.6 is 0 Å². The molecule has 0 fully saturated rings. The van der Waals surface area contributed by atoms with E-state index in [1.54, 1.807) is 18.5 Å². The highest BCUT2D eigenvalue weighted by Gasteiger charge is 2.04. The summed E-state index contributed by atoms with van der Waals surface area (Å²) >= 11 is 0. The average Bonchev–Trinajstić information content (AvgIpc) is 2.82. The Kier molecular flexibility index (Phi) is 2.00. The molecule has 2 heterocycles. The van der Waals surface area contributed by atoms with E-state index in [4.69, 9.17) is 4.84 Å². The highest BCUT2D eigenvalue weighted by atomic mass is 16.7. The van der Waals surface area contributed by atoms with Crippen LogP contribution in [-0.2, 0) is 0 Å². The van der Waals surface area contributed by atoms with Gasteiger partial charge in [0.15, 0.2) is 0 Å². The molecule has 16 heavy (non-hydrogen) atoms. The van der Waals surface area contributed by atoms with Crippen LogP contribution in [0.25, 0.3) is 10.9 Å². The third-order valence-corrected chi connectivity index (χ3v) is 2.17. The first kappa shape index (κ1) is 8.84. The van der Waals surface area contributed by atoms with Crippen molar-refractivity contribution in [3.05, 3.63) is 49.1 Å². The van der Waals surface area contributed by atoms with Crippen molar-refractivity contribution >= 4 is 10.9 Å². The molecule has 78 valence electrons. The Balaban J connectivity index is 2.10. The number of para-hydroxylation sites is 1. The van der Waals surface area contributed by atoms with Gasteiger partial charge in [-0.3, -0.25) is 0 Å². The van der Waals surface area contributed by atoms with Gasteiger partial charge in [-0.05, 0) is 18.2 Å². The fourth-order valence-electron chi connectivity index (χ4n) is 1.45. The largest absolute Gasteiger partial charge is 0.337 e. The van der Waals surface area contributed by atoms with Crippen LogP contribution in [0.5, 0.6) is 5.88 Å². The molecule has 0 amide bonds. The highest BCUT2D eigenvalue weighted by Crippen LogP contribution is 2.20. The number of hydrogen-bond donors (Lipinski definition) is 0. The second-order valence-electron chi connectivity index (χ2n) is 3.20. The first-order chi connectivity index (χ1) is 7.93. The van der Waals surface area contributed by atoms with Crippen molar-refractivity contribution in [2.75, 3.05) is 0 Å². The molecule has 0 aliphatic carbocycles. The second-order valence-corrected chi connectivity index (χ2v) is 3.20. The first-order valence-electron chi connectivity index (χ1n) is 4.81. The van der Waals surface area contributed by atoms with Crippen molar-refractivity contribution < 1.29 is 4.84 Å². The predicted octanol–water partition coefficient (Wildman–Crippen LogP) is 1.67. The minimum atomic E-state index is 0.495. The number of nitrogens with zero attached hydrogens (tertiary/aromatic N) is 4. The molecule has 3 rings (SSSR count). The standard InChI is InChI=1S/C11H8N4O/c1-2-5-10-9(4-1)11(13-8-12-10)16-15-7-3-6-14-15/h1-8H. The topological polar surface area (TPSA) is 52.8 Å². The lowest BCUT2D eigenvalue weighted by Gasteiger charge is -2.05.